The molecule has 1 heterocycles. The van der Waals surface area contributed by atoms with E-state index in [4.69, 9.17) is 16.7 Å². The second kappa shape index (κ2) is 7.19. The van der Waals surface area contributed by atoms with Crippen molar-refractivity contribution in [2.45, 2.75) is 19.8 Å². The molecule has 1 aromatic heterocycles. The van der Waals surface area contributed by atoms with Crippen molar-refractivity contribution in [2.24, 2.45) is 5.92 Å². The maximum Gasteiger partial charge on any atom is 0.271 e. The topological polar surface area (TPSA) is 75.1 Å². The van der Waals surface area contributed by atoms with Crippen molar-refractivity contribution in [3.05, 3.63) is 23.2 Å². The van der Waals surface area contributed by atoms with Crippen molar-refractivity contribution in [3.8, 4) is 0 Å². The normalized spacial score (nSPS) is 12.2. The third kappa shape index (κ3) is 4.66. The van der Waals surface area contributed by atoms with E-state index in [1.54, 1.807) is 0 Å². The Kier molecular flexibility index (Phi) is 5.86. The van der Waals surface area contributed by atoms with E-state index in [2.05, 4.69) is 15.3 Å². The highest BCUT2D eigenvalue weighted by Gasteiger charge is 2.11. The molecule has 2 N–H and O–H groups in total. The Balaban J connectivity index is 2.49. The summed E-state index contributed by atoms with van der Waals surface area (Å²) in [6.45, 7) is 2.67. The first-order valence-electron chi connectivity index (χ1n) is 5.54. The number of carbonyl (C=O) groups excluding carboxylic acids is 1. The van der Waals surface area contributed by atoms with Gasteiger partial charge in [0.25, 0.3) is 5.91 Å². The van der Waals surface area contributed by atoms with E-state index in [1.165, 1.54) is 12.4 Å². The molecule has 1 rings (SSSR count). The minimum atomic E-state index is -0.295. The van der Waals surface area contributed by atoms with Crippen molar-refractivity contribution in [1.82, 2.24) is 15.3 Å². The molecular weight excluding hydrogens is 242 g/mol. The number of nitrogens with one attached hydrogen (secondary N) is 1. The first kappa shape index (κ1) is 13.9. The molecule has 0 saturated carbocycles. The molecule has 17 heavy (non-hydrogen) atoms. The SMILES string of the molecule is CCC(CCO)CNC(=O)c1cncc(Cl)n1. The summed E-state index contributed by atoms with van der Waals surface area (Å²) in [7, 11) is 0. The second-order valence-corrected chi connectivity index (χ2v) is 4.11. The molecule has 0 radical (unpaired) electrons. The second-order valence-electron chi connectivity index (χ2n) is 3.72. The molecule has 1 unspecified atom stereocenters. The zero-order valence-electron chi connectivity index (χ0n) is 9.69. The fraction of sp³-hybridized carbons (Fsp3) is 0.545. The number of amides is 1. The van der Waals surface area contributed by atoms with E-state index in [1.807, 2.05) is 6.92 Å². The molecule has 0 aliphatic rings. The van der Waals surface area contributed by atoms with E-state index in [0.717, 1.165) is 6.42 Å². The summed E-state index contributed by atoms with van der Waals surface area (Å²) in [5, 5.41) is 11.8. The van der Waals surface area contributed by atoms with Crippen LogP contribution in [0, 0.1) is 5.92 Å². The Morgan fingerprint density at radius 3 is 2.94 bits per heavy atom. The van der Waals surface area contributed by atoms with Gasteiger partial charge in [-0.25, -0.2) is 4.98 Å². The van der Waals surface area contributed by atoms with Gasteiger partial charge in [-0.1, -0.05) is 24.9 Å². The van der Waals surface area contributed by atoms with Gasteiger partial charge in [-0.15, -0.1) is 0 Å². The predicted molar refractivity (Wildman–Crippen MR) is 64.9 cm³/mol. The number of hydrogen-bond donors (Lipinski definition) is 2. The number of rotatable bonds is 6. The van der Waals surface area contributed by atoms with Crippen molar-refractivity contribution in [3.63, 3.8) is 0 Å². The lowest BCUT2D eigenvalue weighted by atomic mass is 10.0. The van der Waals surface area contributed by atoms with E-state index in [-0.39, 0.29) is 29.3 Å². The van der Waals surface area contributed by atoms with Gasteiger partial charge in [-0.3, -0.25) is 9.78 Å². The van der Waals surface area contributed by atoms with Gasteiger partial charge < -0.3 is 10.4 Å². The molecule has 1 amide bonds. The van der Waals surface area contributed by atoms with Crippen LogP contribution in [0.2, 0.25) is 5.15 Å². The highest BCUT2D eigenvalue weighted by atomic mass is 35.5. The number of aliphatic hydroxyl groups is 1. The minimum Gasteiger partial charge on any atom is -0.396 e. The summed E-state index contributed by atoms with van der Waals surface area (Å²) >= 11 is 5.64. The minimum absolute atomic E-state index is 0.130. The number of aliphatic hydroxyl groups excluding tert-OH is 1. The van der Waals surface area contributed by atoms with Crippen molar-refractivity contribution >= 4 is 17.5 Å². The van der Waals surface area contributed by atoms with Gasteiger partial charge in [-0.2, -0.15) is 0 Å². The van der Waals surface area contributed by atoms with Crippen LogP contribution in [0.3, 0.4) is 0 Å². The molecule has 0 saturated heterocycles. The van der Waals surface area contributed by atoms with Crippen LogP contribution in [0.1, 0.15) is 30.3 Å². The summed E-state index contributed by atoms with van der Waals surface area (Å²) in [4.78, 5) is 19.3. The van der Waals surface area contributed by atoms with Gasteiger partial charge in [0.15, 0.2) is 0 Å². The Bertz CT molecular complexity index is 373. The van der Waals surface area contributed by atoms with Gasteiger partial charge >= 0.3 is 0 Å². The molecule has 0 aliphatic heterocycles. The Hall–Kier alpha value is -1.20. The molecule has 1 atom stereocenters. The quantitative estimate of drug-likeness (QED) is 0.805. The summed E-state index contributed by atoms with van der Waals surface area (Å²) in [5.41, 5.74) is 0.205. The Morgan fingerprint density at radius 2 is 2.35 bits per heavy atom. The van der Waals surface area contributed by atoms with E-state index >= 15 is 0 Å². The standard InChI is InChI=1S/C11H16ClN3O2/c1-2-8(3-4-16)5-14-11(17)9-6-13-7-10(12)15-9/h6-8,16H,2-5H2,1H3,(H,14,17). The summed E-state index contributed by atoms with van der Waals surface area (Å²) in [5.74, 6) is -0.0208. The molecular formula is C11H16ClN3O2. The molecule has 0 fully saturated rings. The molecule has 0 aliphatic carbocycles. The fourth-order valence-electron chi connectivity index (χ4n) is 1.41. The zero-order chi connectivity index (χ0) is 12.7. The van der Waals surface area contributed by atoms with Gasteiger partial charge in [0.05, 0.1) is 12.4 Å². The molecule has 0 bridgehead atoms. The molecule has 6 heteroatoms. The fourth-order valence-corrected chi connectivity index (χ4v) is 1.56. The van der Waals surface area contributed by atoms with Gasteiger partial charge in [-0.05, 0) is 12.3 Å². The maximum atomic E-state index is 11.7. The van der Waals surface area contributed by atoms with Gasteiger partial charge in [0, 0.05) is 13.2 Å². The summed E-state index contributed by atoms with van der Waals surface area (Å²) in [6.07, 6.45) is 4.33. The van der Waals surface area contributed by atoms with Gasteiger partial charge in [0.1, 0.15) is 10.8 Å². The van der Waals surface area contributed by atoms with Crippen LogP contribution >= 0.6 is 11.6 Å². The van der Waals surface area contributed by atoms with Crippen molar-refractivity contribution in [1.29, 1.82) is 0 Å². The highest BCUT2D eigenvalue weighted by Crippen LogP contribution is 2.06. The van der Waals surface area contributed by atoms with Crippen molar-refractivity contribution in [2.75, 3.05) is 13.2 Å². The lowest BCUT2D eigenvalue weighted by molar-refractivity contribution is 0.0938. The van der Waals surface area contributed by atoms with Crippen LogP contribution in [0.4, 0.5) is 0 Å². The van der Waals surface area contributed by atoms with Crippen LogP contribution in [0.5, 0.6) is 0 Å². The summed E-state index contributed by atoms with van der Waals surface area (Å²) < 4.78 is 0. The lowest BCUT2D eigenvalue weighted by Crippen LogP contribution is -2.30. The summed E-state index contributed by atoms with van der Waals surface area (Å²) in [6, 6.07) is 0. The number of nitrogens with zero attached hydrogens (tertiary/aromatic N) is 2. The van der Waals surface area contributed by atoms with Crippen LogP contribution in [-0.4, -0.2) is 34.1 Å². The van der Waals surface area contributed by atoms with Crippen LogP contribution in [0.15, 0.2) is 12.4 Å². The Morgan fingerprint density at radius 1 is 1.59 bits per heavy atom. The van der Waals surface area contributed by atoms with Crippen LogP contribution < -0.4 is 5.32 Å². The lowest BCUT2D eigenvalue weighted by Gasteiger charge is -2.13. The first-order valence-corrected chi connectivity index (χ1v) is 5.91. The largest absolute Gasteiger partial charge is 0.396 e. The molecule has 1 aromatic rings. The monoisotopic (exact) mass is 257 g/mol. The number of carbonyl (C=O) groups is 1. The molecule has 0 spiro atoms. The highest BCUT2D eigenvalue weighted by molar-refractivity contribution is 6.29. The number of aromatic nitrogens is 2. The third-order valence-electron chi connectivity index (χ3n) is 2.50. The zero-order valence-corrected chi connectivity index (χ0v) is 10.4. The average Bonchev–Trinajstić information content (AvgIpc) is 2.34. The third-order valence-corrected chi connectivity index (χ3v) is 2.69. The predicted octanol–water partition coefficient (Wildman–Crippen LogP) is 1.27. The smallest absolute Gasteiger partial charge is 0.271 e. The molecule has 94 valence electrons. The Labute approximate surface area is 105 Å². The van der Waals surface area contributed by atoms with Crippen molar-refractivity contribution < 1.29 is 9.90 Å². The van der Waals surface area contributed by atoms with Crippen LogP contribution in [0.25, 0.3) is 0 Å². The van der Waals surface area contributed by atoms with E-state index in [0.29, 0.717) is 13.0 Å². The maximum absolute atomic E-state index is 11.7. The van der Waals surface area contributed by atoms with E-state index < -0.39 is 0 Å². The molecule has 0 aromatic carbocycles. The van der Waals surface area contributed by atoms with E-state index in [9.17, 15) is 4.79 Å². The van der Waals surface area contributed by atoms with Crippen LogP contribution in [-0.2, 0) is 0 Å². The number of hydrogen-bond acceptors (Lipinski definition) is 4. The first-order chi connectivity index (χ1) is 8.17. The number of halogens is 1. The average molecular weight is 258 g/mol. The molecule has 5 nitrogen and oxygen atoms in total. The van der Waals surface area contributed by atoms with Gasteiger partial charge in [0.2, 0.25) is 0 Å².